The van der Waals surface area contributed by atoms with Gasteiger partial charge in [-0.05, 0) is 73.6 Å². The van der Waals surface area contributed by atoms with Gasteiger partial charge in [-0.15, -0.1) is 0 Å². The van der Waals surface area contributed by atoms with E-state index in [4.69, 9.17) is 30.3 Å². The Bertz CT molecular complexity index is 2120. The number of amides is 4. The molecule has 322 valence electrons. The molecule has 0 radical (unpaired) electrons. The van der Waals surface area contributed by atoms with Crippen molar-refractivity contribution in [2.75, 3.05) is 39.4 Å². The summed E-state index contributed by atoms with van der Waals surface area (Å²) in [6, 6.07) is 37.1. The number of unbranched alkanes of at least 4 members (excludes halogenated alkanes) is 1. The first-order valence-corrected chi connectivity index (χ1v) is 19.4. The number of aromatic nitrogens is 2. The number of pyridine rings is 2. The molecular weight excluding hydrogens is 785 g/mol. The molecule has 4 aromatic carbocycles. The Kier molecular flexibility index (Phi) is 23.2. The molecule has 0 aliphatic heterocycles. The van der Waals surface area contributed by atoms with Gasteiger partial charge in [0.15, 0.2) is 0 Å². The highest BCUT2D eigenvalue weighted by Gasteiger charge is 2.03. The van der Waals surface area contributed by atoms with Crippen LogP contribution in [0.5, 0.6) is 11.5 Å². The van der Waals surface area contributed by atoms with E-state index in [1.807, 2.05) is 103 Å². The molecule has 6 aromatic rings. The minimum absolute atomic E-state index is 0.129. The Morgan fingerprint density at radius 2 is 1.07 bits per heavy atom. The summed E-state index contributed by atoms with van der Waals surface area (Å²) in [5, 5.41) is 40.9. The van der Waals surface area contributed by atoms with Crippen molar-refractivity contribution in [1.82, 2.24) is 30.2 Å². The molecule has 61 heavy (non-hydrogen) atoms. The fraction of sp³-hybridized carbons (Fsp3) is 0.244. The van der Waals surface area contributed by atoms with Crippen LogP contribution in [0.2, 0.25) is 0 Å². The normalized spacial score (nSPS) is 9.97. The maximum Gasteiger partial charge on any atom is 0.233 e. The van der Waals surface area contributed by atoms with Crippen LogP contribution in [0.1, 0.15) is 30.4 Å². The second-order valence-electron chi connectivity index (χ2n) is 13.0. The van der Waals surface area contributed by atoms with Crippen molar-refractivity contribution < 1.29 is 49.5 Å². The van der Waals surface area contributed by atoms with Crippen LogP contribution in [0.15, 0.2) is 134 Å². The number of carbonyl (C=O) groups excluding carboxylic acids is 4. The van der Waals surface area contributed by atoms with Crippen LogP contribution < -0.4 is 9.47 Å². The predicted octanol–water partition coefficient (Wildman–Crippen LogP) is 6.25. The maximum absolute atomic E-state index is 10.2. The van der Waals surface area contributed by atoms with Gasteiger partial charge in [0.2, 0.25) is 25.6 Å². The molecule has 16 heteroatoms. The molecule has 4 N–H and O–H groups in total. The molecule has 0 unspecified atom stereocenters. The van der Waals surface area contributed by atoms with Crippen molar-refractivity contribution in [2.24, 2.45) is 0 Å². The first-order valence-electron chi connectivity index (χ1n) is 19.4. The van der Waals surface area contributed by atoms with Gasteiger partial charge in [-0.1, -0.05) is 78.9 Å². The summed E-state index contributed by atoms with van der Waals surface area (Å²) >= 11 is 0. The second-order valence-corrected chi connectivity index (χ2v) is 13.0. The summed E-state index contributed by atoms with van der Waals surface area (Å²) in [4.78, 5) is 48.6. The van der Waals surface area contributed by atoms with E-state index in [0.29, 0.717) is 70.5 Å². The van der Waals surface area contributed by atoms with Gasteiger partial charge in [-0.3, -0.25) is 50.0 Å². The molecule has 0 aliphatic carbocycles. The van der Waals surface area contributed by atoms with E-state index >= 15 is 0 Å². The molecule has 16 nitrogen and oxygen atoms in total. The molecule has 0 spiro atoms. The second kappa shape index (κ2) is 29.3. The smallest absolute Gasteiger partial charge is 0.233 e. The van der Waals surface area contributed by atoms with Crippen molar-refractivity contribution in [2.45, 2.75) is 32.1 Å². The maximum atomic E-state index is 10.2. The van der Waals surface area contributed by atoms with Crippen molar-refractivity contribution >= 4 is 47.3 Å². The topological polar surface area (TPSA) is 206 Å². The van der Waals surface area contributed by atoms with E-state index < -0.39 is 0 Å². The summed E-state index contributed by atoms with van der Waals surface area (Å²) in [6.07, 6.45) is 11.2. The highest BCUT2D eigenvalue weighted by molar-refractivity contribution is 5.87. The fourth-order valence-corrected chi connectivity index (χ4v) is 5.41. The van der Waals surface area contributed by atoms with Crippen LogP contribution in [0.25, 0.3) is 21.7 Å². The van der Waals surface area contributed by atoms with Crippen LogP contribution in [-0.2, 0) is 32.0 Å². The molecule has 0 saturated heterocycles. The lowest BCUT2D eigenvalue weighted by atomic mass is 10.1. The Morgan fingerprint density at radius 1 is 0.508 bits per heavy atom. The lowest BCUT2D eigenvalue weighted by Crippen LogP contribution is -2.23. The monoisotopic (exact) mass is 836 g/mol. The Balaban J connectivity index is 0.000000218. The van der Waals surface area contributed by atoms with Crippen molar-refractivity contribution in [3.05, 3.63) is 145 Å². The number of nitrogens with zero attached hydrogens (tertiary/aromatic N) is 6. The van der Waals surface area contributed by atoms with Crippen LogP contribution in [-0.4, -0.2) is 116 Å². The SMILES string of the molecule is O=CN(O)CCCCc1ccccc1.O=CN(O)CCCc1ccccc1.O=CN(O)CCOc1ccc2cccnc2c1.O=CN(O)CCOc1cccc2cnccc12. The summed E-state index contributed by atoms with van der Waals surface area (Å²) in [5.41, 5.74) is 3.37. The number of hydrogen-bond acceptors (Lipinski definition) is 12. The van der Waals surface area contributed by atoms with Gasteiger partial charge in [0.05, 0.1) is 18.6 Å². The summed E-state index contributed by atoms with van der Waals surface area (Å²) in [6.45, 7) is 1.52. The standard InChI is InChI=1S/2C12H12N2O3.C11H15NO2.C10H13NO2/c15-9-14(16)6-7-17-11-4-3-10-2-1-5-13-12(10)8-11;15-9-14(16)6-7-17-12-3-1-2-10-8-13-5-4-11(10)12;13-10-12(14)9-5-4-8-11-6-2-1-3-7-11;12-9-11(13)8-4-7-10-5-2-1-3-6-10/h2*1-5,8-9,16H,6-7H2;1-3,6-7,10,14H,4-5,8-9H2;1-3,5-6,9,13H,4,7-8H2. The number of aryl methyl sites for hydroxylation is 2. The lowest BCUT2D eigenvalue weighted by Gasteiger charge is -2.11. The Hall–Kier alpha value is -6.98. The molecular formula is C45H52N6O10. The average Bonchev–Trinajstić information content (AvgIpc) is 3.31. The van der Waals surface area contributed by atoms with E-state index in [2.05, 4.69) is 22.1 Å². The van der Waals surface area contributed by atoms with Gasteiger partial charge >= 0.3 is 0 Å². The molecule has 4 amide bonds. The van der Waals surface area contributed by atoms with E-state index in [1.54, 1.807) is 18.6 Å². The first kappa shape index (κ1) is 48.4. The highest BCUT2D eigenvalue weighted by Crippen LogP contribution is 2.24. The summed E-state index contributed by atoms with van der Waals surface area (Å²) < 4.78 is 10.9. The van der Waals surface area contributed by atoms with E-state index in [1.165, 1.54) is 11.1 Å². The molecule has 0 aliphatic rings. The minimum atomic E-state index is 0.129. The summed E-state index contributed by atoms with van der Waals surface area (Å²) in [7, 11) is 0. The number of carbonyl (C=O) groups is 4. The molecule has 2 heterocycles. The predicted molar refractivity (Wildman–Crippen MR) is 227 cm³/mol. The van der Waals surface area contributed by atoms with Gasteiger partial charge in [-0.2, -0.15) is 0 Å². The highest BCUT2D eigenvalue weighted by atomic mass is 16.5. The van der Waals surface area contributed by atoms with Crippen LogP contribution >= 0.6 is 0 Å². The van der Waals surface area contributed by atoms with E-state index in [0.717, 1.165) is 53.8 Å². The van der Waals surface area contributed by atoms with Crippen LogP contribution in [0, 0.1) is 0 Å². The fourth-order valence-electron chi connectivity index (χ4n) is 5.41. The number of hydroxylamine groups is 8. The largest absolute Gasteiger partial charge is 0.492 e. The molecule has 2 aromatic heterocycles. The van der Waals surface area contributed by atoms with Crippen molar-refractivity contribution in [1.29, 1.82) is 0 Å². The number of rotatable bonds is 21. The number of ether oxygens (including phenoxy) is 2. The Labute approximate surface area is 354 Å². The van der Waals surface area contributed by atoms with Gasteiger partial charge in [0.25, 0.3) is 0 Å². The molecule has 0 saturated carbocycles. The third-order valence-corrected chi connectivity index (χ3v) is 8.51. The van der Waals surface area contributed by atoms with Crippen molar-refractivity contribution in [3.63, 3.8) is 0 Å². The van der Waals surface area contributed by atoms with Gasteiger partial charge in [0.1, 0.15) is 24.7 Å². The van der Waals surface area contributed by atoms with E-state index in [9.17, 15) is 19.2 Å². The van der Waals surface area contributed by atoms with E-state index in [-0.39, 0.29) is 26.3 Å². The quantitative estimate of drug-likeness (QED) is 0.0275. The van der Waals surface area contributed by atoms with Crippen molar-refractivity contribution in [3.8, 4) is 11.5 Å². The van der Waals surface area contributed by atoms with Gasteiger partial charge < -0.3 is 9.47 Å². The average molecular weight is 837 g/mol. The van der Waals surface area contributed by atoms with Crippen LogP contribution in [0.4, 0.5) is 0 Å². The minimum Gasteiger partial charge on any atom is -0.492 e. The molecule has 6 rings (SSSR count). The molecule has 0 fully saturated rings. The van der Waals surface area contributed by atoms with Gasteiger partial charge in [0, 0.05) is 53.9 Å². The molecule has 0 atom stereocenters. The number of benzene rings is 4. The zero-order valence-electron chi connectivity index (χ0n) is 33.7. The zero-order valence-corrected chi connectivity index (χ0v) is 33.7. The number of fused-ring (bicyclic) bond motifs is 2. The third kappa shape index (κ3) is 20.0. The zero-order chi connectivity index (χ0) is 43.9. The third-order valence-electron chi connectivity index (χ3n) is 8.51. The number of hydrogen-bond donors (Lipinski definition) is 4. The molecule has 0 bridgehead atoms. The van der Waals surface area contributed by atoms with Crippen LogP contribution in [0.3, 0.4) is 0 Å². The lowest BCUT2D eigenvalue weighted by molar-refractivity contribution is -0.151. The Morgan fingerprint density at radius 3 is 1.69 bits per heavy atom. The van der Waals surface area contributed by atoms with Gasteiger partial charge in [-0.25, -0.2) is 20.3 Å². The summed E-state index contributed by atoms with van der Waals surface area (Å²) in [5.74, 6) is 1.37. The first-order chi connectivity index (χ1) is 29.8.